The number of likely N-dealkylation sites (tertiary alicyclic amines) is 1. The van der Waals surface area contributed by atoms with Gasteiger partial charge in [0.25, 0.3) is 0 Å². The van der Waals surface area contributed by atoms with Crippen molar-refractivity contribution in [2.24, 2.45) is 0 Å². The molecule has 1 aromatic heterocycles. The number of hydrogen-bond acceptors (Lipinski definition) is 4. The molecule has 1 aliphatic heterocycles. The van der Waals surface area contributed by atoms with Crippen molar-refractivity contribution in [3.63, 3.8) is 0 Å². The van der Waals surface area contributed by atoms with Gasteiger partial charge in [-0.3, -0.25) is 14.4 Å². The lowest BCUT2D eigenvalue weighted by molar-refractivity contribution is -0.145. The summed E-state index contributed by atoms with van der Waals surface area (Å²) in [6.45, 7) is 4.12. The standard InChI is InChI=1S/C17H23ClN2O4S/c1-11(14-5-6-15(18)25-14)17(24)19-8-3-4-13(7-9-19)20(12(2)21)10-16(22)23/h5-6,11,13H,3-4,7-10H2,1-2H3,(H,22,23). The molecule has 6 nitrogen and oxygen atoms in total. The van der Waals surface area contributed by atoms with E-state index in [9.17, 15) is 14.4 Å². The molecule has 2 heterocycles. The topological polar surface area (TPSA) is 77.9 Å². The lowest BCUT2D eigenvalue weighted by Gasteiger charge is -2.29. The number of carboxylic acids is 1. The van der Waals surface area contributed by atoms with Crippen molar-refractivity contribution in [2.45, 2.75) is 45.1 Å². The minimum absolute atomic E-state index is 0.0479. The summed E-state index contributed by atoms with van der Waals surface area (Å²) in [7, 11) is 0. The highest BCUT2D eigenvalue weighted by atomic mass is 35.5. The van der Waals surface area contributed by atoms with Gasteiger partial charge in [0.2, 0.25) is 11.8 Å². The molecule has 2 atom stereocenters. The zero-order chi connectivity index (χ0) is 18.6. The second kappa shape index (κ2) is 8.67. The molecule has 2 rings (SSSR count). The Morgan fingerprint density at radius 1 is 1.36 bits per heavy atom. The minimum Gasteiger partial charge on any atom is -0.480 e. The maximum Gasteiger partial charge on any atom is 0.323 e. The number of carbonyl (C=O) groups is 3. The second-order valence-electron chi connectivity index (χ2n) is 6.31. The van der Waals surface area contributed by atoms with Crippen LogP contribution in [0.2, 0.25) is 4.34 Å². The number of amides is 2. The molecule has 8 heteroatoms. The van der Waals surface area contributed by atoms with Crippen LogP contribution >= 0.6 is 22.9 Å². The lowest BCUT2D eigenvalue weighted by Crippen LogP contribution is -2.43. The summed E-state index contributed by atoms with van der Waals surface area (Å²) in [5.41, 5.74) is 0. The van der Waals surface area contributed by atoms with Gasteiger partial charge in [0.05, 0.1) is 10.3 Å². The minimum atomic E-state index is -1.02. The molecule has 2 amide bonds. The van der Waals surface area contributed by atoms with Crippen LogP contribution in [0.15, 0.2) is 12.1 Å². The summed E-state index contributed by atoms with van der Waals surface area (Å²) in [6, 6.07) is 3.53. The molecule has 1 fully saturated rings. The predicted octanol–water partition coefficient (Wildman–Crippen LogP) is 2.82. The van der Waals surface area contributed by atoms with Crippen molar-refractivity contribution < 1.29 is 19.5 Å². The van der Waals surface area contributed by atoms with E-state index >= 15 is 0 Å². The van der Waals surface area contributed by atoms with Crippen LogP contribution in [0, 0.1) is 0 Å². The van der Waals surface area contributed by atoms with Gasteiger partial charge < -0.3 is 14.9 Å². The summed E-state index contributed by atoms with van der Waals surface area (Å²) in [5.74, 6) is -1.46. The fraction of sp³-hybridized carbons (Fsp3) is 0.588. The number of aliphatic carboxylic acids is 1. The zero-order valence-corrected chi connectivity index (χ0v) is 16.0. The van der Waals surface area contributed by atoms with Gasteiger partial charge in [-0.25, -0.2) is 0 Å². The van der Waals surface area contributed by atoms with Crippen molar-refractivity contribution >= 4 is 40.7 Å². The van der Waals surface area contributed by atoms with E-state index in [2.05, 4.69) is 0 Å². The molecular formula is C17H23ClN2O4S. The molecule has 1 N–H and O–H groups in total. The second-order valence-corrected chi connectivity index (χ2v) is 8.06. The van der Waals surface area contributed by atoms with E-state index < -0.39 is 5.97 Å². The fourth-order valence-corrected chi connectivity index (χ4v) is 4.32. The van der Waals surface area contributed by atoms with Gasteiger partial charge in [0, 0.05) is 30.9 Å². The summed E-state index contributed by atoms with van der Waals surface area (Å²) >= 11 is 7.36. The zero-order valence-electron chi connectivity index (χ0n) is 14.4. The van der Waals surface area contributed by atoms with Gasteiger partial charge in [-0.05, 0) is 38.3 Å². The first-order valence-electron chi connectivity index (χ1n) is 8.32. The van der Waals surface area contributed by atoms with Crippen molar-refractivity contribution in [1.29, 1.82) is 0 Å². The Kier molecular flexibility index (Phi) is 6.84. The van der Waals surface area contributed by atoms with Crippen molar-refractivity contribution in [3.05, 3.63) is 21.3 Å². The van der Waals surface area contributed by atoms with E-state index in [4.69, 9.17) is 16.7 Å². The number of hydrogen-bond donors (Lipinski definition) is 1. The van der Waals surface area contributed by atoms with E-state index in [0.29, 0.717) is 30.3 Å². The summed E-state index contributed by atoms with van der Waals surface area (Å²) in [5, 5.41) is 9.01. The Morgan fingerprint density at radius 2 is 2.08 bits per heavy atom. The van der Waals surface area contributed by atoms with Crippen LogP contribution in [-0.2, 0) is 14.4 Å². The Balaban J connectivity index is 2.01. The molecule has 1 saturated heterocycles. The molecule has 0 bridgehead atoms. The van der Waals surface area contributed by atoms with E-state index in [0.717, 1.165) is 11.3 Å². The highest BCUT2D eigenvalue weighted by Gasteiger charge is 2.29. The first kappa shape index (κ1) is 19.7. The molecule has 0 radical (unpaired) electrons. The van der Waals surface area contributed by atoms with Crippen LogP contribution in [0.4, 0.5) is 0 Å². The Labute approximate surface area is 156 Å². The largest absolute Gasteiger partial charge is 0.480 e. The van der Waals surface area contributed by atoms with Crippen LogP contribution < -0.4 is 0 Å². The first-order chi connectivity index (χ1) is 11.8. The molecule has 25 heavy (non-hydrogen) atoms. The highest BCUT2D eigenvalue weighted by molar-refractivity contribution is 7.16. The maximum atomic E-state index is 12.8. The van der Waals surface area contributed by atoms with Crippen molar-refractivity contribution in [3.8, 4) is 0 Å². The number of nitrogens with zero attached hydrogens (tertiary/aromatic N) is 2. The predicted molar refractivity (Wildman–Crippen MR) is 97.0 cm³/mol. The molecule has 0 saturated carbocycles. The Bertz CT molecular complexity index is 648. The van der Waals surface area contributed by atoms with Crippen LogP contribution in [0.3, 0.4) is 0 Å². The fourth-order valence-electron chi connectivity index (χ4n) is 3.21. The van der Waals surface area contributed by atoms with Gasteiger partial charge in [0.15, 0.2) is 0 Å². The van der Waals surface area contributed by atoms with Crippen LogP contribution in [0.25, 0.3) is 0 Å². The number of halogens is 1. The number of carbonyl (C=O) groups excluding carboxylic acids is 2. The molecule has 138 valence electrons. The SMILES string of the molecule is CC(=O)N(CC(=O)O)C1CCCN(C(=O)C(C)c2ccc(Cl)s2)CC1. The third-order valence-electron chi connectivity index (χ3n) is 4.55. The van der Waals surface area contributed by atoms with Gasteiger partial charge in [-0.2, -0.15) is 0 Å². The quantitative estimate of drug-likeness (QED) is 0.844. The number of carboxylic acid groups (broad SMARTS) is 1. The Morgan fingerprint density at radius 3 is 2.64 bits per heavy atom. The van der Waals surface area contributed by atoms with E-state index in [1.165, 1.54) is 23.2 Å². The molecular weight excluding hydrogens is 364 g/mol. The summed E-state index contributed by atoms with van der Waals surface area (Å²) < 4.78 is 0.663. The smallest absolute Gasteiger partial charge is 0.323 e. The Hall–Kier alpha value is -1.60. The van der Waals surface area contributed by atoms with Crippen LogP contribution in [0.1, 0.15) is 43.9 Å². The average Bonchev–Trinajstić information content (AvgIpc) is 2.84. The lowest BCUT2D eigenvalue weighted by atomic mass is 10.1. The third kappa shape index (κ3) is 5.19. The van der Waals surface area contributed by atoms with Gasteiger partial charge in [-0.15, -0.1) is 11.3 Å². The van der Waals surface area contributed by atoms with E-state index in [1.807, 2.05) is 17.9 Å². The van der Waals surface area contributed by atoms with Gasteiger partial charge in [0.1, 0.15) is 6.54 Å². The number of rotatable bonds is 5. The van der Waals surface area contributed by atoms with Crippen LogP contribution in [-0.4, -0.2) is 58.4 Å². The molecule has 0 aliphatic carbocycles. The monoisotopic (exact) mass is 386 g/mol. The van der Waals surface area contributed by atoms with Crippen molar-refractivity contribution in [1.82, 2.24) is 9.80 Å². The molecule has 1 aromatic rings. The van der Waals surface area contributed by atoms with Gasteiger partial charge in [-0.1, -0.05) is 11.6 Å². The molecule has 2 unspecified atom stereocenters. The van der Waals surface area contributed by atoms with E-state index in [-0.39, 0.29) is 30.3 Å². The normalized spacial score (nSPS) is 19.2. The van der Waals surface area contributed by atoms with Crippen molar-refractivity contribution in [2.75, 3.05) is 19.6 Å². The highest BCUT2D eigenvalue weighted by Crippen LogP contribution is 2.30. The molecule has 0 spiro atoms. The molecule has 0 aromatic carbocycles. The average molecular weight is 387 g/mol. The third-order valence-corrected chi connectivity index (χ3v) is 5.97. The summed E-state index contributed by atoms with van der Waals surface area (Å²) in [6.07, 6.45) is 2.05. The summed E-state index contributed by atoms with van der Waals surface area (Å²) in [4.78, 5) is 39.7. The first-order valence-corrected chi connectivity index (χ1v) is 9.52. The number of thiophene rings is 1. The molecule has 1 aliphatic rings. The van der Waals surface area contributed by atoms with E-state index in [1.54, 1.807) is 6.07 Å². The van der Waals surface area contributed by atoms with Crippen LogP contribution in [0.5, 0.6) is 0 Å². The maximum absolute atomic E-state index is 12.8. The van der Waals surface area contributed by atoms with Gasteiger partial charge >= 0.3 is 5.97 Å².